The molecule has 1 heterocycles. The van der Waals surface area contributed by atoms with Gasteiger partial charge in [-0.1, -0.05) is 66.7 Å². The van der Waals surface area contributed by atoms with Gasteiger partial charge in [0.25, 0.3) is 0 Å². The molecule has 4 aromatic rings. The molecule has 0 aliphatic heterocycles. The van der Waals surface area contributed by atoms with Crippen molar-refractivity contribution in [3.8, 4) is 11.3 Å². The number of benzene rings is 3. The van der Waals surface area contributed by atoms with Crippen LogP contribution in [0.5, 0.6) is 0 Å². The zero-order valence-corrected chi connectivity index (χ0v) is 12.8. The van der Waals surface area contributed by atoms with Gasteiger partial charge in [0.1, 0.15) is 5.69 Å². The first-order valence-corrected chi connectivity index (χ1v) is 7.77. The Bertz CT molecular complexity index is 946. The van der Waals surface area contributed by atoms with E-state index in [9.17, 15) is 0 Å². The van der Waals surface area contributed by atoms with Crippen molar-refractivity contribution in [3.63, 3.8) is 0 Å². The van der Waals surface area contributed by atoms with Crippen molar-refractivity contribution in [3.05, 3.63) is 97.0 Å². The standard InChI is InChI=1S/C21H17N2/c1-2-6-17(7-3-1)15-23-13-12-22-21(16-23)20-11-10-18-8-4-5-9-19(18)14-20/h1-14,16H,15H2/q+1. The van der Waals surface area contributed by atoms with Crippen molar-refractivity contribution < 1.29 is 4.57 Å². The Hall–Kier alpha value is -3.00. The third-order valence-corrected chi connectivity index (χ3v) is 4.01. The maximum Gasteiger partial charge on any atom is 0.195 e. The number of hydrogen-bond acceptors (Lipinski definition) is 1. The lowest BCUT2D eigenvalue weighted by Gasteiger charge is -2.03. The number of nitrogens with zero attached hydrogens (tertiary/aromatic N) is 2. The monoisotopic (exact) mass is 297 g/mol. The van der Waals surface area contributed by atoms with E-state index in [2.05, 4.69) is 82.5 Å². The van der Waals surface area contributed by atoms with Crippen molar-refractivity contribution in [2.24, 2.45) is 0 Å². The van der Waals surface area contributed by atoms with Crippen molar-refractivity contribution in [1.82, 2.24) is 4.98 Å². The summed E-state index contributed by atoms with van der Waals surface area (Å²) in [6, 6.07) is 25.4. The molecule has 110 valence electrons. The first kappa shape index (κ1) is 13.6. The smallest absolute Gasteiger partial charge is 0.195 e. The van der Waals surface area contributed by atoms with E-state index in [1.165, 1.54) is 16.3 Å². The van der Waals surface area contributed by atoms with Gasteiger partial charge in [0.2, 0.25) is 0 Å². The van der Waals surface area contributed by atoms with Crippen LogP contribution >= 0.6 is 0 Å². The topological polar surface area (TPSA) is 16.8 Å². The second-order valence-corrected chi connectivity index (χ2v) is 5.66. The van der Waals surface area contributed by atoms with Crippen molar-refractivity contribution in [2.45, 2.75) is 6.54 Å². The summed E-state index contributed by atoms with van der Waals surface area (Å²) in [7, 11) is 0. The molecule has 0 amide bonds. The van der Waals surface area contributed by atoms with E-state index in [0.29, 0.717) is 0 Å². The van der Waals surface area contributed by atoms with Gasteiger partial charge in [-0.3, -0.25) is 0 Å². The van der Waals surface area contributed by atoms with Gasteiger partial charge in [0.15, 0.2) is 18.9 Å². The molecule has 0 spiro atoms. The molecule has 2 nitrogen and oxygen atoms in total. The summed E-state index contributed by atoms with van der Waals surface area (Å²) in [5, 5.41) is 2.50. The van der Waals surface area contributed by atoms with Crippen LogP contribution in [0.25, 0.3) is 22.0 Å². The van der Waals surface area contributed by atoms with Crippen LogP contribution in [0.2, 0.25) is 0 Å². The van der Waals surface area contributed by atoms with Crippen LogP contribution in [0, 0.1) is 0 Å². The summed E-state index contributed by atoms with van der Waals surface area (Å²) in [6.07, 6.45) is 5.99. The maximum atomic E-state index is 4.54. The fourth-order valence-electron chi connectivity index (χ4n) is 2.82. The van der Waals surface area contributed by atoms with Crippen LogP contribution in [0.15, 0.2) is 91.4 Å². The Kier molecular flexibility index (Phi) is 3.57. The summed E-state index contributed by atoms with van der Waals surface area (Å²) < 4.78 is 2.17. The molecule has 2 heteroatoms. The fourth-order valence-corrected chi connectivity index (χ4v) is 2.82. The average Bonchev–Trinajstić information content (AvgIpc) is 2.62. The van der Waals surface area contributed by atoms with E-state index in [4.69, 9.17) is 0 Å². The van der Waals surface area contributed by atoms with Gasteiger partial charge >= 0.3 is 0 Å². The van der Waals surface area contributed by atoms with Gasteiger partial charge in [-0.05, 0) is 16.8 Å². The SMILES string of the molecule is c1ccc(C[n+]2ccnc(-c3ccc4ccccc4c3)c2)cc1. The van der Waals surface area contributed by atoms with Crippen LogP contribution in [0.1, 0.15) is 5.56 Å². The zero-order valence-electron chi connectivity index (χ0n) is 12.8. The Labute approximate surface area is 135 Å². The van der Waals surface area contributed by atoms with Gasteiger partial charge in [-0.15, -0.1) is 0 Å². The van der Waals surface area contributed by atoms with E-state index in [1.807, 2.05) is 18.5 Å². The lowest BCUT2D eigenvalue weighted by Crippen LogP contribution is -2.33. The van der Waals surface area contributed by atoms with Crippen molar-refractivity contribution in [1.29, 1.82) is 0 Å². The Balaban J connectivity index is 1.69. The minimum Gasteiger partial charge on any atom is -0.244 e. The molecular weight excluding hydrogens is 280 g/mol. The predicted octanol–water partition coefficient (Wildman–Crippen LogP) is 4.24. The number of rotatable bonds is 3. The quantitative estimate of drug-likeness (QED) is 0.517. The van der Waals surface area contributed by atoms with Crippen LogP contribution in [-0.2, 0) is 6.54 Å². The molecule has 0 radical (unpaired) electrons. The lowest BCUT2D eigenvalue weighted by atomic mass is 10.1. The van der Waals surface area contributed by atoms with Gasteiger partial charge in [-0.2, -0.15) is 4.57 Å². The van der Waals surface area contributed by atoms with Crippen LogP contribution in [0.4, 0.5) is 0 Å². The molecular formula is C21H17N2+. The normalized spacial score (nSPS) is 10.8. The number of fused-ring (bicyclic) bond motifs is 1. The Morgan fingerprint density at radius 1 is 0.783 bits per heavy atom. The molecule has 23 heavy (non-hydrogen) atoms. The molecule has 0 unspecified atom stereocenters. The molecule has 3 aromatic carbocycles. The summed E-state index contributed by atoms with van der Waals surface area (Å²) in [5.41, 5.74) is 3.42. The molecule has 0 fully saturated rings. The van der Waals surface area contributed by atoms with E-state index in [0.717, 1.165) is 17.8 Å². The third kappa shape index (κ3) is 2.97. The minimum absolute atomic E-state index is 0.851. The van der Waals surface area contributed by atoms with Gasteiger partial charge in [0, 0.05) is 11.1 Å². The first-order chi connectivity index (χ1) is 11.4. The molecule has 0 aliphatic rings. The second-order valence-electron chi connectivity index (χ2n) is 5.66. The third-order valence-electron chi connectivity index (χ3n) is 4.01. The van der Waals surface area contributed by atoms with Gasteiger partial charge in [0.05, 0.1) is 6.20 Å². The zero-order chi connectivity index (χ0) is 15.5. The predicted molar refractivity (Wildman–Crippen MR) is 92.9 cm³/mol. The molecule has 0 N–H and O–H groups in total. The highest BCUT2D eigenvalue weighted by molar-refractivity contribution is 5.86. The minimum atomic E-state index is 0.851. The molecule has 0 aliphatic carbocycles. The highest BCUT2D eigenvalue weighted by Crippen LogP contribution is 2.22. The summed E-state index contributed by atoms with van der Waals surface area (Å²) in [6.45, 7) is 0.851. The molecule has 4 rings (SSSR count). The molecule has 0 atom stereocenters. The molecule has 0 saturated heterocycles. The van der Waals surface area contributed by atoms with E-state index >= 15 is 0 Å². The maximum absolute atomic E-state index is 4.54. The number of aromatic nitrogens is 2. The van der Waals surface area contributed by atoms with Gasteiger partial charge < -0.3 is 0 Å². The number of hydrogen-bond donors (Lipinski definition) is 0. The van der Waals surface area contributed by atoms with Crippen LogP contribution in [0.3, 0.4) is 0 Å². The van der Waals surface area contributed by atoms with Gasteiger partial charge in [-0.25, -0.2) is 4.98 Å². The van der Waals surface area contributed by atoms with E-state index < -0.39 is 0 Å². The van der Waals surface area contributed by atoms with Crippen molar-refractivity contribution >= 4 is 10.8 Å². The molecule has 1 aromatic heterocycles. The lowest BCUT2D eigenvalue weighted by molar-refractivity contribution is -0.688. The Morgan fingerprint density at radius 3 is 2.43 bits per heavy atom. The average molecular weight is 297 g/mol. The van der Waals surface area contributed by atoms with Crippen LogP contribution < -0.4 is 4.57 Å². The van der Waals surface area contributed by atoms with Crippen molar-refractivity contribution in [2.75, 3.05) is 0 Å². The Morgan fingerprint density at radius 2 is 1.57 bits per heavy atom. The molecule has 0 saturated carbocycles. The highest BCUT2D eigenvalue weighted by Gasteiger charge is 2.08. The molecule has 0 bridgehead atoms. The van der Waals surface area contributed by atoms with E-state index in [-0.39, 0.29) is 0 Å². The summed E-state index contributed by atoms with van der Waals surface area (Å²) >= 11 is 0. The van der Waals surface area contributed by atoms with E-state index in [1.54, 1.807) is 0 Å². The first-order valence-electron chi connectivity index (χ1n) is 7.77. The highest BCUT2D eigenvalue weighted by atomic mass is 15.0. The second kappa shape index (κ2) is 6.01. The summed E-state index contributed by atoms with van der Waals surface area (Å²) in [4.78, 5) is 4.54. The summed E-state index contributed by atoms with van der Waals surface area (Å²) in [5.74, 6) is 0. The largest absolute Gasteiger partial charge is 0.244 e. The fraction of sp³-hybridized carbons (Fsp3) is 0.0476. The van der Waals surface area contributed by atoms with Crippen LogP contribution in [-0.4, -0.2) is 4.98 Å².